The Labute approximate surface area is 96.1 Å². The Bertz CT molecular complexity index is 297. The van der Waals surface area contributed by atoms with E-state index in [1.165, 1.54) is 0 Å². The number of carbonyl (C=O) groups is 1. The standard InChI is InChI=1S/C13H18O3/c1-11(13(15)7-8-14)9-16-10-12-5-3-2-4-6-12/h2-6,8,11,13,15H,7,9-10H2,1H3/t11-,13-/m0/s1. The molecule has 0 heterocycles. The quantitative estimate of drug-likeness (QED) is 0.715. The SMILES string of the molecule is C[C@@H](COCc1ccccc1)[C@@H](O)CC=O. The minimum Gasteiger partial charge on any atom is -0.392 e. The lowest BCUT2D eigenvalue weighted by Gasteiger charge is -2.16. The van der Waals surface area contributed by atoms with Crippen LogP contribution >= 0.6 is 0 Å². The first-order valence-electron chi connectivity index (χ1n) is 5.47. The van der Waals surface area contributed by atoms with Crippen molar-refractivity contribution >= 4 is 6.29 Å². The van der Waals surface area contributed by atoms with Gasteiger partial charge >= 0.3 is 0 Å². The molecule has 0 aliphatic rings. The average molecular weight is 222 g/mol. The monoisotopic (exact) mass is 222 g/mol. The van der Waals surface area contributed by atoms with E-state index in [4.69, 9.17) is 4.74 Å². The molecule has 0 saturated heterocycles. The van der Waals surface area contributed by atoms with Crippen LogP contribution in [0.1, 0.15) is 18.9 Å². The molecule has 1 aromatic carbocycles. The summed E-state index contributed by atoms with van der Waals surface area (Å²) < 4.78 is 5.47. The van der Waals surface area contributed by atoms with Crippen LogP contribution in [-0.2, 0) is 16.1 Å². The zero-order valence-corrected chi connectivity index (χ0v) is 9.50. The molecule has 1 N–H and O–H groups in total. The van der Waals surface area contributed by atoms with Gasteiger partial charge in [0.25, 0.3) is 0 Å². The zero-order chi connectivity index (χ0) is 11.8. The summed E-state index contributed by atoms with van der Waals surface area (Å²) in [7, 11) is 0. The molecule has 88 valence electrons. The van der Waals surface area contributed by atoms with Crippen LogP contribution in [-0.4, -0.2) is 24.1 Å². The number of aldehydes is 1. The van der Waals surface area contributed by atoms with Gasteiger partial charge in [-0.25, -0.2) is 0 Å². The van der Waals surface area contributed by atoms with Crippen molar-refractivity contribution in [3.8, 4) is 0 Å². The molecule has 0 saturated carbocycles. The van der Waals surface area contributed by atoms with Gasteiger partial charge in [-0.05, 0) is 5.56 Å². The summed E-state index contributed by atoms with van der Waals surface area (Å²) in [5.74, 6) is -0.0195. The highest BCUT2D eigenvalue weighted by Crippen LogP contribution is 2.08. The van der Waals surface area contributed by atoms with Crippen molar-refractivity contribution in [2.45, 2.75) is 26.1 Å². The average Bonchev–Trinajstić information content (AvgIpc) is 2.30. The second kappa shape index (κ2) is 7.14. The molecule has 0 aliphatic heterocycles. The Kier molecular flexibility index (Phi) is 5.75. The van der Waals surface area contributed by atoms with E-state index in [1.807, 2.05) is 37.3 Å². The molecule has 0 aliphatic carbocycles. The third kappa shape index (κ3) is 4.55. The number of rotatable bonds is 7. The molecule has 0 radical (unpaired) electrons. The summed E-state index contributed by atoms with van der Waals surface area (Å²) in [4.78, 5) is 10.2. The van der Waals surface area contributed by atoms with Gasteiger partial charge in [0.15, 0.2) is 0 Å². The summed E-state index contributed by atoms with van der Waals surface area (Å²) in [5, 5.41) is 9.50. The van der Waals surface area contributed by atoms with Gasteiger partial charge in [-0.1, -0.05) is 37.3 Å². The van der Waals surface area contributed by atoms with E-state index in [-0.39, 0.29) is 12.3 Å². The molecule has 1 aromatic rings. The van der Waals surface area contributed by atoms with Crippen LogP contribution in [0.15, 0.2) is 30.3 Å². The zero-order valence-electron chi connectivity index (χ0n) is 9.50. The predicted octanol–water partition coefficient (Wildman–Crippen LogP) is 1.79. The Hall–Kier alpha value is -1.19. The highest BCUT2D eigenvalue weighted by molar-refractivity contribution is 5.50. The first-order valence-corrected chi connectivity index (χ1v) is 5.47. The van der Waals surface area contributed by atoms with E-state index < -0.39 is 6.10 Å². The minimum atomic E-state index is -0.603. The van der Waals surface area contributed by atoms with Crippen molar-refractivity contribution in [2.75, 3.05) is 6.61 Å². The summed E-state index contributed by atoms with van der Waals surface area (Å²) >= 11 is 0. The van der Waals surface area contributed by atoms with Crippen molar-refractivity contribution in [1.82, 2.24) is 0 Å². The maximum absolute atomic E-state index is 10.2. The maximum Gasteiger partial charge on any atom is 0.122 e. The molecule has 16 heavy (non-hydrogen) atoms. The van der Waals surface area contributed by atoms with Gasteiger partial charge in [-0.2, -0.15) is 0 Å². The number of hydrogen-bond donors (Lipinski definition) is 1. The van der Waals surface area contributed by atoms with Gasteiger partial charge in [0, 0.05) is 12.3 Å². The van der Waals surface area contributed by atoms with E-state index in [0.717, 1.165) is 11.8 Å². The van der Waals surface area contributed by atoms with E-state index in [0.29, 0.717) is 13.2 Å². The highest BCUT2D eigenvalue weighted by atomic mass is 16.5. The third-order valence-electron chi connectivity index (χ3n) is 2.49. The van der Waals surface area contributed by atoms with Crippen LogP contribution in [0, 0.1) is 5.92 Å². The van der Waals surface area contributed by atoms with E-state index in [1.54, 1.807) is 0 Å². The predicted molar refractivity (Wildman–Crippen MR) is 61.9 cm³/mol. The van der Waals surface area contributed by atoms with Gasteiger partial charge < -0.3 is 14.6 Å². The number of carbonyl (C=O) groups excluding carboxylic acids is 1. The molecule has 0 fully saturated rings. The van der Waals surface area contributed by atoms with E-state index >= 15 is 0 Å². The Balaban J connectivity index is 2.22. The summed E-state index contributed by atoms with van der Waals surface area (Å²) in [6, 6.07) is 9.87. The fourth-order valence-corrected chi connectivity index (χ4v) is 1.38. The molecule has 2 atom stereocenters. The third-order valence-corrected chi connectivity index (χ3v) is 2.49. The first kappa shape index (κ1) is 12.9. The number of ether oxygens (including phenoxy) is 1. The summed E-state index contributed by atoms with van der Waals surface area (Å²) in [5.41, 5.74) is 1.11. The van der Waals surface area contributed by atoms with Crippen molar-refractivity contribution in [2.24, 2.45) is 5.92 Å². The van der Waals surface area contributed by atoms with Crippen molar-refractivity contribution < 1.29 is 14.6 Å². The molecular formula is C13H18O3. The lowest BCUT2D eigenvalue weighted by atomic mass is 10.0. The molecule has 0 bridgehead atoms. The van der Waals surface area contributed by atoms with Crippen LogP contribution in [0.5, 0.6) is 0 Å². The van der Waals surface area contributed by atoms with Gasteiger partial charge in [-0.15, -0.1) is 0 Å². The van der Waals surface area contributed by atoms with Crippen LogP contribution in [0.3, 0.4) is 0 Å². The van der Waals surface area contributed by atoms with Crippen LogP contribution < -0.4 is 0 Å². The van der Waals surface area contributed by atoms with Crippen LogP contribution in [0.4, 0.5) is 0 Å². The molecule has 1 rings (SSSR count). The van der Waals surface area contributed by atoms with Crippen molar-refractivity contribution in [3.05, 3.63) is 35.9 Å². The molecule has 0 aromatic heterocycles. The van der Waals surface area contributed by atoms with E-state index in [2.05, 4.69) is 0 Å². The Morgan fingerprint density at radius 2 is 2.06 bits per heavy atom. The molecule has 3 nitrogen and oxygen atoms in total. The first-order chi connectivity index (χ1) is 7.74. The van der Waals surface area contributed by atoms with Gasteiger partial charge in [0.05, 0.1) is 19.3 Å². The highest BCUT2D eigenvalue weighted by Gasteiger charge is 2.13. The second-order valence-corrected chi connectivity index (χ2v) is 3.95. The Morgan fingerprint density at radius 3 is 2.69 bits per heavy atom. The molecule has 0 spiro atoms. The largest absolute Gasteiger partial charge is 0.392 e. The second-order valence-electron chi connectivity index (χ2n) is 3.95. The lowest BCUT2D eigenvalue weighted by molar-refractivity contribution is -0.110. The fourth-order valence-electron chi connectivity index (χ4n) is 1.38. The van der Waals surface area contributed by atoms with Crippen molar-refractivity contribution in [3.63, 3.8) is 0 Å². The minimum absolute atomic E-state index is 0.0195. The smallest absolute Gasteiger partial charge is 0.122 e. The summed E-state index contributed by atoms with van der Waals surface area (Å²) in [6.07, 6.45) is 0.307. The number of hydrogen-bond acceptors (Lipinski definition) is 3. The molecule has 0 unspecified atom stereocenters. The summed E-state index contributed by atoms with van der Waals surface area (Å²) in [6.45, 7) is 2.88. The lowest BCUT2D eigenvalue weighted by Crippen LogP contribution is -2.22. The topological polar surface area (TPSA) is 46.5 Å². The van der Waals surface area contributed by atoms with E-state index in [9.17, 15) is 9.90 Å². The number of benzene rings is 1. The van der Waals surface area contributed by atoms with Crippen LogP contribution in [0.2, 0.25) is 0 Å². The van der Waals surface area contributed by atoms with Crippen LogP contribution in [0.25, 0.3) is 0 Å². The fraction of sp³-hybridized carbons (Fsp3) is 0.462. The maximum atomic E-state index is 10.2. The van der Waals surface area contributed by atoms with Crippen molar-refractivity contribution in [1.29, 1.82) is 0 Å². The van der Waals surface area contributed by atoms with Gasteiger partial charge in [0.1, 0.15) is 6.29 Å². The number of aliphatic hydroxyl groups is 1. The van der Waals surface area contributed by atoms with Gasteiger partial charge in [0.2, 0.25) is 0 Å². The molecule has 0 amide bonds. The molecular weight excluding hydrogens is 204 g/mol. The Morgan fingerprint density at radius 1 is 1.38 bits per heavy atom. The molecule has 3 heteroatoms. The van der Waals surface area contributed by atoms with Gasteiger partial charge in [-0.3, -0.25) is 0 Å². The normalized spacial score (nSPS) is 14.4. The number of aliphatic hydroxyl groups excluding tert-OH is 1.